The van der Waals surface area contributed by atoms with E-state index >= 15 is 0 Å². The van der Waals surface area contributed by atoms with E-state index < -0.39 is 0 Å². The molecule has 1 aliphatic heterocycles. The van der Waals surface area contributed by atoms with Gasteiger partial charge in [0.2, 0.25) is 0 Å². The number of benzene rings is 2. The van der Waals surface area contributed by atoms with Gasteiger partial charge in [-0.2, -0.15) is 0 Å². The van der Waals surface area contributed by atoms with Crippen molar-refractivity contribution < 1.29 is 13.5 Å². The molecule has 1 atom stereocenters. The summed E-state index contributed by atoms with van der Waals surface area (Å²) in [7, 11) is 0. The van der Waals surface area contributed by atoms with Gasteiger partial charge in [-0.15, -0.1) is 12.4 Å². The fraction of sp³-hybridized carbons (Fsp3) is 0.368. The second-order valence-electron chi connectivity index (χ2n) is 5.98. The minimum atomic E-state index is -0.232. The minimum Gasteiger partial charge on any atom is -0.379 e. The molecule has 0 bridgehead atoms. The second kappa shape index (κ2) is 9.82. The van der Waals surface area contributed by atoms with Gasteiger partial charge in [-0.25, -0.2) is 8.78 Å². The van der Waals surface area contributed by atoms with Crippen LogP contribution in [-0.2, 0) is 11.3 Å². The highest BCUT2D eigenvalue weighted by atomic mass is 35.5. The van der Waals surface area contributed by atoms with Crippen molar-refractivity contribution in [1.82, 2.24) is 10.2 Å². The molecule has 0 amide bonds. The van der Waals surface area contributed by atoms with Gasteiger partial charge in [0.05, 0.1) is 13.2 Å². The third-order valence-electron chi connectivity index (χ3n) is 4.28. The van der Waals surface area contributed by atoms with Gasteiger partial charge in [-0.1, -0.05) is 24.3 Å². The van der Waals surface area contributed by atoms with E-state index in [-0.39, 0.29) is 30.1 Å². The molecule has 1 saturated heterocycles. The Morgan fingerprint density at radius 2 is 1.68 bits per heavy atom. The summed E-state index contributed by atoms with van der Waals surface area (Å²) in [6.07, 6.45) is 0. The molecule has 3 nitrogen and oxygen atoms in total. The molecule has 1 aliphatic rings. The highest BCUT2D eigenvalue weighted by Crippen LogP contribution is 2.22. The van der Waals surface area contributed by atoms with Crippen LogP contribution in [0.2, 0.25) is 0 Å². The summed E-state index contributed by atoms with van der Waals surface area (Å²) in [5.41, 5.74) is 1.85. The van der Waals surface area contributed by atoms with E-state index in [1.807, 2.05) is 12.1 Å². The van der Waals surface area contributed by atoms with Crippen LogP contribution in [0.3, 0.4) is 0 Å². The second-order valence-corrected chi connectivity index (χ2v) is 5.98. The van der Waals surface area contributed by atoms with Gasteiger partial charge in [0.25, 0.3) is 0 Å². The summed E-state index contributed by atoms with van der Waals surface area (Å²) < 4.78 is 32.3. The van der Waals surface area contributed by atoms with Crippen LogP contribution in [-0.4, -0.2) is 37.7 Å². The first-order valence-corrected chi connectivity index (χ1v) is 8.25. The number of rotatable bonds is 6. The van der Waals surface area contributed by atoms with Gasteiger partial charge in [-0.05, 0) is 35.4 Å². The molecule has 25 heavy (non-hydrogen) atoms. The fourth-order valence-corrected chi connectivity index (χ4v) is 3.06. The molecular weight excluding hydrogens is 346 g/mol. The highest BCUT2D eigenvalue weighted by molar-refractivity contribution is 5.85. The maximum Gasteiger partial charge on any atom is 0.123 e. The molecule has 2 aromatic carbocycles. The van der Waals surface area contributed by atoms with Crippen LogP contribution in [0.4, 0.5) is 8.78 Å². The van der Waals surface area contributed by atoms with E-state index in [9.17, 15) is 8.78 Å². The van der Waals surface area contributed by atoms with Gasteiger partial charge >= 0.3 is 0 Å². The molecule has 2 aromatic rings. The average Bonchev–Trinajstić information content (AvgIpc) is 2.59. The molecule has 1 heterocycles. The van der Waals surface area contributed by atoms with Crippen LogP contribution in [0.15, 0.2) is 48.5 Å². The van der Waals surface area contributed by atoms with Gasteiger partial charge in [-0.3, -0.25) is 4.90 Å². The predicted octanol–water partition coefficient (Wildman–Crippen LogP) is 3.55. The number of ether oxygens (including phenoxy) is 1. The summed E-state index contributed by atoms with van der Waals surface area (Å²) in [5.74, 6) is -0.458. The summed E-state index contributed by atoms with van der Waals surface area (Å²) in [4.78, 5) is 2.30. The number of morpholine rings is 1. The summed E-state index contributed by atoms with van der Waals surface area (Å²) in [6.45, 7) is 4.27. The zero-order valence-electron chi connectivity index (χ0n) is 14.0. The van der Waals surface area contributed by atoms with E-state index in [2.05, 4.69) is 10.2 Å². The lowest BCUT2D eigenvalue weighted by Gasteiger charge is -2.35. The third kappa shape index (κ3) is 5.75. The Morgan fingerprint density at radius 3 is 2.36 bits per heavy atom. The third-order valence-corrected chi connectivity index (χ3v) is 4.28. The van der Waals surface area contributed by atoms with Gasteiger partial charge in [0, 0.05) is 32.2 Å². The Bertz CT molecular complexity index is 665. The standard InChI is InChI=1S/C19H22F2N2O.ClH/c20-17-5-1-3-15(11-17)13-22-14-19(23-7-9-24-10-8-23)16-4-2-6-18(21)12-16;/h1-6,11-12,19,22H,7-10,13-14H2;1H. The zero-order valence-corrected chi connectivity index (χ0v) is 14.8. The Hall–Kier alpha value is -1.53. The molecule has 0 spiro atoms. The van der Waals surface area contributed by atoms with Crippen molar-refractivity contribution >= 4 is 12.4 Å². The van der Waals surface area contributed by atoms with E-state index in [0.29, 0.717) is 26.3 Å². The van der Waals surface area contributed by atoms with Crippen molar-refractivity contribution in [3.05, 3.63) is 71.3 Å². The lowest BCUT2D eigenvalue weighted by atomic mass is 10.0. The van der Waals surface area contributed by atoms with Gasteiger partial charge in [0.15, 0.2) is 0 Å². The molecule has 1 unspecified atom stereocenters. The number of halogens is 3. The number of nitrogens with zero attached hydrogens (tertiary/aromatic N) is 1. The lowest BCUT2D eigenvalue weighted by Crippen LogP contribution is -2.42. The first-order valence-electron chi connectivity index (χ1n) is 8.25. The summed E-state index contributed by atoms with van der Waals surface area (Å²) >= 11 is 0. The summed E-state index contributed by atoms with van der Waals surface area (Å²) in [5, 5.41) is 3.37. The van der Waals surface area contributed by atoms with Gasteiger partial charge < -0.3 is 10.1 Å². The van der Waals surface area contributed by atoms with Crippen LogP contribution in [0, 0.1) is 11.6 Å². The molecule has 0 saturated carbocycles. The number of hydrogen-bond donors (Lipinski definition) is 1. The molecule has 0 aromatic heterocycles. The van der Waals surface area contributed by atoms with E-state index in [1.54, 1.807) is 18.2 Å². The van der Waals surface area contributed by atoms with E-state index in [1.165, 1.54) is 18.2 Å². The molecule has 1 N–H and O–H groups in total. The normalized spacial score (nSPS) is 16.2. The molecular formula is C19H23ClF2N2O. The van der Waals surface area contributed by atoms with Crippen molar-refractivity contribution in [3.8, 4) is 0 Å². The molecule has 0 aliphatic carbocycles. The van der Waals surface area contributed by atoms with Crippen molar-refractivity contribution in [2.45, 2.75) is 12.6 Å². The van der Waals surface area contributed by atoms with Crippen molar-refractivity contribution in [1.29, 1.82) is 0 Å². The van der Waals surface area contributed by atoms with Crippen LogP contribution >= 0.6 is 12.4 Å². The van der Waals surface area contributed by atoms with Crippen LogP contribution in [0.25, 0.3) is 0 Å². The van der Waals surface area contributed by atoms with Crippen molar-refractivity contribution in [2.24, 2.45) is 0 Å². The molecule has 3 rings (SSSR count). The van der Waals surface area contributed by atoms with Crippen LogP contribution in [0.1, 0.15) is 17.2 Å². The van der Waals surface area contributed by atoms with Crippen molar-refractivity contribution in [3.63, 3.8) is 0 Å². The predicted molar refractivity (Wildman–Crippen MR) is 96.9 cm³/mol. The SMILES string of the molecule is Cl.Fc1cccc(CNCC(c2cccc(F)c2)N2CCOCC2)c1. The molecule has 136 valence electrons. The highest BCUT2D eigenvalue weighted by Gasteiger charge is 2.22. The Morgan fingerprint density at radius 1 is 1.00 bits per heavy atom. The number of nitrogens with one attached hydrogen (secondary N) is 1. The van der Waals surface area contributed by atoms with Gasteiger partial charge in [0.1, 0.15) is 11.6 Å². The van der Waals surface area contributed by atoms with Crippen LogP contribution in [0.5, 0.6) is 0 Å². The molecule has 1 fully saturated rings. The Labute approximate surface area is 153 Å². The largest absolute Gasteiger partial charge is 0.379 e. The van der Waals surface area contributed by atoms with E-state index in [0.717, 1.165) is 24.2 Å². The van der Waals surface area contributed by atoms with Crippen molar-refractivity contribution in [2.75, 3.05) is 32.8 Å². The maximum atomic E-state index is 13.6. The maximum absolute atomic E-state index is 13.6. The topological polar surface area (TPSA) is 24.5 Å². The van der Waals surface area contributed by atoms with E-state index in [4.69, 9.17) is 4.74 Å². The minimum absolute atomic E-state index is 0. The average molecular weight is 369 g/mol. The molecule has 0 radical (unpaired) electrons. The zero-order chi connectivity index (χ0) is 16.8. The Balaban J connectivity index is 0.00000225. The quantitative estimate of drug-likeness (QED) is 0.844. The fourth-order valence-electron chi connectivity index (χ4n) is 3.06. The first-order chi connectivity index (χ1) is 11.7. The summed E-state index contributed by atoms with van der Waals surface area (Å²) in [6, 6.07) is 13.4. The number of hydrogen-bond acceptors (Lipinski definition) is 3. The van der Waals surface area contributed by atoms with Crippen LogP contribution < -0.4 is 5.32 Å². The monoisotopic (exact) mass is 368 g/mol. The smallest absolute Gasteiger partial charge is 0.123 e. The first kappa shape index (κ1) is 19.8. The Kier molecular flexibility index (Phi) is 7.78. The lowest BCUT2D eigenvalue weighted by molar-refractivity contribution is 0.0160. The molecule has 6 heteroatoms.